The average Bonchev–Trinajstić information content (AvgIpc) is 3.00. The van der Waals surface area contributed by atoms with Crippen molar-refractivity contribution < 1.29 is 13.9 Å². The summed E-state index contributed by atoms with van der Waals surface area (Å²) in [6, 6.07) is 11.4. The lowest BCUT2D eigenvalue weighted by Crippen LogP contribution is -1.97. The highest BCUT2D eigenvalue weighted by Gasteiger charge is 2.09. The van der Waals surface area contributed by atoms with E-state index in [1.165, 1.54) is 16.8 Å². The molecule has 0 aliphatic rings. The van der Waals surface area contributed by atoms with E-state index in [0.29, 0.717) is 27.7 Å². The van der Waals surface area contributed by atoms with Gasteiger partial charge in [0.1, 0.15) is 17.3 Å². The number of rotatable bonds is 5. The minimum Gasteiger partial charge on any atom is -0.497 e. The quantitative estimate of drug-likeness (QED) is 0.559. The second kappa shape index (κ2) is 7.27. The molecule has 0 aliphatic heterocycles. The van der Waals surface area contributed by atoms with Gasteiger partial charge >= 0.3 is 0 Å². The molecule has 0 spiro atoms. The van der Waals surface area contributed by atoms with Crippen molar-refractivity contribution in [2.75, 3.05) is 14.2 Å². The number of aromatic nitrogens is 3. The van der Waals surface area contributed by atoms with Gasteiger partial charge in [0.25, 0.3) is 0 Å². The summed E-state index contributed by atoms with van der Waals surface area (Å²) in [5.74, 6) is 1.33. The van der Waals surface area contributed by atoms with E-state index in [-0.39, 0.29) is 5.82 Å². The molecule has 0 atom stereocenters. The largest absolute Gasteiger partial charge is 0.497 e. The van der Waals surface area contributed by atoms with Gasteiger partial charge in [0.15, 0.2) is 5.82 Å². The van der Waals surface area contributed by atoms with Crippen LogP contribution in [-0.2, 0) is 0 Å². The maximum absolute atomic E-state index is 13.5. The van der Waals surface area contributed by atoms with Gasteiger partial charge in [-0.1, -0.05) is 12.1 Å². The van der Waals surface area contributed by atoms with Gasteiger partial charge in [-0.3, -0.25) is 0 Å². The number of hydrogen-bond acceptors (Lipinski definition) is 5. The Bertz CT molecular complexity index is 981. The predicted molar refractivity (Wildman–Crippen MR) is 95.3 cm³/mol. The zero-order valence-corrected chi connectivity index (χ0v) is 14.4. The Morgan fingerprint density at radius 1 is 1.20 bits per heavy atom. The van der Waals surface area contributed by atoms with E-state index in [9.17, 15) is 4.39 Å². The number of nitrogens with zero attached hydrogens (tertiary/aromatic N) is 3. The molecule has 8 heteroatoms. The Balaban J connectivity index is 2.00. The van der Waals surface area contributed by atoms with Crippen LogP contribution in [0.5, 0.6) is 11.5 Å². The maximum Gasteiger partial charge on any atom is 0.216 e. The van der Waals surface area contributed by atoms with Crippen molar-refractivity contribution in [2.24, 2.45) is 5.10 Å². The van der Waals surface area contributed by atoms with Gasteiger partial charge in [0, 0.05) is 17.2 Å². The van der Waals surface area contributed by atoms with Crippen LogP contribution in [-0.4, -0.2) is 35.3 Å². The Morgan fingerprint density at radius 2 is 2.04 bits per heavy atom. The highest BCUT2D eigenvalue weighted by Crippen LogP contribution is 2.23. The fourth-order valence-electron chi connectivity index (χ4n) is 2.26. The third kappa shape index (κ3) is 3.58. The molecule has 1 N–H and O–H groups in total. The molecule has 0 aliphatic carbocycles. The summed E-state index contributed by atoms with van der Waals surface area (Å²) in [6.45, 7) is 0. The van der Waals surface area contributed by atoms with Crippen LogP contribution in [0.1, 0.15) is 5.56 Å². The fraction of sp³-hybridized carbons (Fsp3) is 0.118. The molecule has 3 aromatic rings. The molecule has 1 aromatic heterocycles. The lowest BCUT2D eigenvalue weighted by atomic mass is 10.2. The van der Waals surface area contributed by atoms with Crippen LogP contribution in [0.15, 0.2) is 47.6 Å². The summed E-state index contributed by atoms with van der Waals surface area (Å²) in [4.78, 5) is 0. The second-order valence-corrected chi connectivity index (χ2v) is 5.41. The van der Waals surface area contributed by atoms with E-state index in [4.69, 9.17) is 21.7 Å². The van der Waals surface area contributed by atoms with Crippen molar-refractivity contribution in [3.05, 3.63) is 58.6 Å². The monoisotopic (exact) mass is 358 g/mol. The van der Waals surface area contributed by atoms with E-state index in [1.807, 2.05) is 6.07 Å². The van der Waals surface area contributed by atoms with E-state index in [0.717, 1.165) is 5.56 Å². The molecular formula is C17H15FN4O2S. The van der Waals surface area contributed by atoms with Crippen molar-refractivity contribution in [1.29, 1.82) is 0 Å². The maximum atomic E-state index is 13.5. The second-order valence-electron chi connectivity index (χ2n) is 5.03. The van der Waals surface area contributed by atoms with Crippen LogP contribution < -0.4 is 9.47 Å². The molecule has 0 unspecified atom stereocenters. The van der Waals surface area contributed by atoms with E-state index >= 15 is 0 Å². The number of methoxy groups -OCH3 is 2. The smallest absolute Gasteiger partial charge is 0.216 e. The van der Waals surface area contributed by atoms with Gasteiger partial charge in [-0.2, -0.15) is 14.9 Å². The zero-order valence-electron chi connectivity index (χ0n) is 13.6. The minimum absolute atomic E-state index is 0.294. The predicted octanol–water partition coefficient (Wildman–Crippen LogP) is 3.65. The van der Waals surface area contributed by atoms with Gasteiger partial charge in [0.05, 0.1) is 20.4 Å². The van der Waals surface area contributed by atoms with E-state index < -0.39 is 0 Å². The topological polar surface area (TPSA) is 64.4 Å². The number of H-pyrrole nitrogens is 1. The van der Waals surface area contributed by atoms with Crippen LogP contribution in [0.4, 0.5) is 4.39 Å². The first-order valence-electron chi connectivity index (χ1n) is 7.32. The molecule has 25 heavy (non-hydrogen) atoms. The molecule has 6 nitrogen and oxygen atoms in total. The number of aromatic amines is 1. The van der Waals surface area contributed by atoms with Gasteiger partial charge in [-0.05, 0) is 36.5 Å². The molecule has 2 aromatic carbocycles. The highest BCUT2D eigenvalue weighted by atomic mass is 32.1. The Labute approximate surface area is 148 Å². The number of ether oxygens (including phenoxy) is 2. The van der Waals surface area contributed by atoms with Crippen molar-refractivity contribution in [2.45, 2.75) is 0 Å². The van der Waals surface area contributed by atoms with Crippen LogP contribution in [0, 0.1) is 10.6 Å². The molecule has 128 valence electrons. The Morgan fingerprint density at radius 3 is 2.76 bits per heavy atom. The summed E-state index contributed by atoms with van der Waals surface area (Å²) in [5, 5.41) is 11.1. The van der Waals surface area contributed by atoms with Gasteiger partial charge < -0.3 is 9.47 Å². The molecule has 0 fully saturated rings. The van der Waals surface area contributed by atoms with Crippen LogP contribution in [0.2, 0.25) is 0 Å². The lowest BCUT2D eigenvalue weighted by Gasteiger charge is -2.07. The van der Waals surface area contributed by atoms with E-state index in [1.54, 1.807) is 44.7 Å². The van der Waals surface area contributed by atoms with Crippen LogP contribution >= 0.6 is 12.2 Å². The summed E-state index contributed by atoms with van der Waals surface area (Å²) in [5.41, 5.74) is 1.29. The Kier molecular flexibility index (Phi) is 4.90. The molecule has 0 amide bonds. The van der Waals surface area contributed by atoms with Crippen molar-refractivity contribution in [3.8, 4) is 22.9 Å². The van der Waals surface area contributed by atoms with E-state index in [2.05, 4.69) is 15.3 Å². The summed E-state index contributed by atoms with van der Waals surface area (Å²) in [7, 11) is 3.15. The van der Waals surface area contributed by atoms with Gasteiger partial charge in [0.2, 0.25) is 4.77 Å². The molecule has 0 saturated carbocycles. The SMILES string of the molecule is COc1ccc(/C=N\n2c(-c3cccc(F)c3)n[nH]c2=S)c(OC)c1. The number of hydrogen-bond donors (Lipinski definition) is 1. The third-order valence-electron chi connectivity index (χ3n) is 3.49. The van der Waals surface area contributed by atoms with Crippen LogP contribution in [0.3, 0.4) is 0 Å². The molecule has 3 rings (SSSR count). The number of benzene rings is 2. The first-order valence-corrected chi connectivity index (χ1v) is 7.73. The molecule has 0 saturated heterocycles. The first-order chi connectivity index (χ1) is 12.1. The van der Waals surface area contributed by atoms with Crippen LogP contribution in [0.25, 0.3) is 11.4 Å². The Hall–Kier alpha value is -3.00. The molecular weight excluding hydrogens is 343 g/mol. The minimum atomic E-state index is -0.362. The summed E-state index contributed by atoms with van der Waals surface area (Å²) < 4.78 is 25.7. The zero-order chi connectivity index (χ0) is 17.8. The standard InChI is InChI=1S/C17H15FN4O2S/c1-23-14-7-6-12(15(9-14)24-2)10-19-22-16(20-21-17(22)25)11-4-3-5-13(18)8-11/h3-10H,1-2H3,(H,21,25)/b19-10-. The van der Waals surface area contributed by atoms with Gasteiger partial charge in [-0.15, -0.1) is 0 Å². The summed E-state index contributed by atoms with van der Waals surface area (Å²) >= 11 is 5.21. The number of nitrogens with one attached hydrogen (secondary N) is 1. The van der Waals surface area contributed by atoms with Crippen molar-refractivity contribution in [1.82, 2.24) is 14.9 Å². The molecule has 0 radical (unpaired) electrons. The summed E-state index contributed by atoms with van der Waals surface area (Å²) in [6.07, 6.45) is 1.59. The normalized spacial score (nSPS) is 11.0. The fourth-order valence-corrected chi connectivity index (χ4v) is 2.44. The highest BCUT2D eigenvalue weighted by molar-refractivity contribution is 7.71. The molecule has 0 bridgehead atoms. The molecule has 1 heterocycles. The third-order valence-corrected chi connectivity index (χ3v) is 3.75. The van der Waals surface area contributed by atoms with Crippen molar-refractivity contribution in [3.63, 3.8) is 0 Å². The van der Waals surface area contributed by atoms with Gasteiger partial charge in [-0.25, -0.2) is 9.49 Å². The lowest BCUT2D eigenvalue weighted by molar-refractivity contribution is 0.394. The van der Waals surface area contributed by atoms with Crippen molar-refractivity contribution >= 4 is 18.4 Å². The average molecular weight is 358 g/mol. The first kappa shape index (κ1) is 16.8. The number of halogens is 1.